The number of hydrogen-bond acceptors (Lipinski definition) is 4. The number of aromatic nitrogens is 4. The van der Waals surface area contributed by atoms with Gasteiger partial charge in [0.1, 0.15) is 5.69 Å². The van der Waals surface area contributed by atoms with Gasteiger partial charge >= 0.3 is 0 Å². The van der Waals surface area contributed by atoms with Crippen LogP contribution in [0.4, 0.5) is 0 Å². The van der Waals surface area contributed by atoms with E-state index in [0.29, 0.717) is 5.69 Å². The van der Waals surface area contributed by atoms with Gasteiger partial charge in [-0.2, -0.15) is 11.8 Å². The third-order valence-electron chi connectivity index (χ3n) is 4.34. The summed E-state index contributed by atoms with van der Waals surface area (Å²) in [6.45, 7) is 0. The van der Waals surface area contributed by atoms with Gasteiger partial charge in [0, 0.05) is 17.1 Å². The molecule has 4 rings (SSSR count). The minimum atomic E-state index is -0.209. The highest BCUT2D eigenvalue weighted by molar-refractivity contribution is 7.98. The molecule has 0 saturated carbocycles. The third kappa shape index (κ3) is 3.17. The molecule has 0 aliphatic rings. The minimum Gasteiger partial charge on any atom is -0.351 e. The predicted molar refractivity (Wildman–Crippen MR) is 104 cm³/mol. The maximum atomic E-state index is 12.8. The monoisotopic (exact) mass is 365 g/mol. The van der Waals surface area contributed by atoms with Crippen molar-refractivity contribution in [1.82, 2.24) is 24.9 Å². The Kier molecular flexibility index (Phi) is 4.62. The van der Waals surface area contributed by atoms with E-state index in [1.54, 1.807) is 11.8 Å². The number of benzene rings is 1. The fourth-order valence-electron chi connectivity index (χ4n) is 3.03. The Balaban J connectivity index is 1.63. The molecular formula is C19H19N5OS. The molecule has 1 aromatic carbocycles. The van der Waals surface area contributed by atoms with E-state index in [2.05, 4.69) is 26.8 Å². The highest BCUT2D eigenvalue weighted by Crippen LogP contribution is 2.20. The van der Waals surface area contributed by atoms with Crippen molar-refractivity contribution in [2.75, 3.05) is 12.0 Å². The van der Waals surface area contributed by atoms with E-state index in [0.717, 1.165) is 34.5 Å². The number of pyridine rings is 1. The van der Waals surface area contributed by atoms with Crippen molar-refractivity contribution in [2.24, 2.45) is 0 Å². The Morgan fingerprint density at radius 2 is 2.08 bits per heavy atom. The van der Waals surface area contributed by atoms with Crippen LogP contribution < -0.4 is 5.32 Å². The third-order valence-corrected chi connectivity index (χ3v) is 4.99. The van der Waals surface area contributed by atoms with Crippen molar-refractivity contribution in [2.45, 2.75) is 12.5 Å². The number of rotatable bonds is 6. The van der Waals surface area contributed by atoms with E-state index in [-0.39, 0.29) is 11.9 Å². The lowest BCUT2D eigenvalue weighted by Crippen LogP contribution is -2.30. The number of nitrogens with zero attached hydrogens (tertiary/aromatic N) is 3. The number of fused-ring (bicyclic) bond motifs is 2. The van der Waals surface area contributed by atoms with Gasteiger partial charge in [-0.05, 0) is 42.7 Å². The first-order valence-corrected chi connectivity index (χ1v) is 9.83. The summed E-state index contributed by atoms with van der Waals surface area (Å²) in [7, 11) is 0. The molecule has 0 spiro atoms. The number of nitrogens with one attached hydrogen (secondary N) is 2. The first kappa shape index (κ1) is 16.7. The minimum absolute atomic E-state index is 0.139. The summed E-state index contributed by atoms with van der Waals surface area (Å²) in [5.74, 6) is 1.53. The van der Waals surface area contributed by atoms with Gasteiger partial charge in [-0.3, -0.25) is 9.20 Å². The van der Waals surface area contributed by atoms with Crippen molar-refractivity contribution in [3.63, 3.8) is 0 Å². The Morgan fingerprint density at radius 3 is 2.92 bits per heavy atom. The lowest BCUT2D eigenvalue weighted by atomic mass is 10.2. The lowest BCUT2D eigenvalue weighted by molar-refractivity contribution is 0.0929. The van der Waals surface area contributed by atoms with Crippen LogP contribution in [0.15, 0.2) is 54.7 Å². The smallest absolute Gasteiger partial charge is 0.268 e. The maximum Gasteiger partial charge on any atom is 0.268 e. The van der Waals surface area contributed by atoms with Crippen LogP contribution >= 0.6 is 11.8 Å². The zero-order valence-corrected chi connectivity index (χ0v) is 15.2. The summed E-state index contributed by atoms with van der Waals surface area (Å²) in [5.41, 5.74) is 2.27. The molecule has 0 fully saturated rings. The lowest BCUT2D eigenvalue weighted by Gasteiger charge is -2.16. The van der Waals surface area contributed by atoms with Gasteiger partial charge < -0.3 is 10.3 Å². The first-order valence-electron chi connectivity index (χ1n) is 8.43. The molecule has 0 radical (unpaired) electrons. The molecule has 0 unspecified atom stereocenters. The number of aromatic amines is 1. The fourth-order valence-corrected chi connectivity index (χ4v) is 3.50. The molecule has 3 aromatic heterocycles. The molecule has 0 aliphatic heterocycles. The Labute approximate surface area is 155 Å². The molecule has 26 heavy (non-hydrogen) atoms. The number of H-pyrrole nitrogens is 1. The number of thioether (sulfide) groups is 1. The van der Waals surface area contributed by atoms with Crippen LogP contribution in [0.5, 0.6) is 0 Å². The van der Waals surface area contributed by atoms with Crippen molar-refractivity contribution < 1.29 is 4.79 Å². The van der Waals surface area contributed by atoms with E-state index in [1.165, 1.54) is 0 Å². The summed E-state index contributed by atoms with van der Waals surface area (Å²) in [4.78, 5) is 16.0. The second kappa shape index (κ2) is 7.21. The van der Waals surface area contributed by atoms with Crippen LogP contribution in [0.25, 0.3) is 16.6 Å². The molecule has 4 aromatic rings. The largest absolute Gasteiger partial charge is 0.351 e. The van der Waals surface area contributed by atoms with Gasteiger partial charge in [0.15, 0.2) is 11.5 Å². The number of hydrogen-bond donors (Lipinski definition) is 2. The van der Waals surface area contributed by atoms with Gasteiger partial charge in [-0.25, -0.2) is 0 Å². The molecular weight excluding hydrogens is 346 g/mol. The van der Waals surface area contributed by atoms with Crippen LogP contribution in [0.1, 0.15) is 28.8 Å². The molecule has 1 amide bonds. The van der Waals surface area contributed by atoms with E-state index < -0.39 is 0 Å². The quantitative estimate of drug-likeness (QED) is 0.549. The second-order valence-electron chi connectivity index (χ2n) is 6.06. The summed E-state index contributed by atoms with van der Waals surface area (Å²) in [6, 6.07) is 15.3. The zero-order valence-electron chi connectivity index (χ0n) is 14.3. The number of amides is 1. The first-order chi connectivity index (χ1) is 12.8. The van der Waals surface area contributed by atoms with Crippen LogP contribution in [0.2, 0.25) is 0 Å². The summed E-state index contributed by atoms with van der Waals surface area (Å²) >= 11 is 1.74. The second-order valence-corrected chi connectivity index (χ2v) is 7.05. The molecule has 1 atom stereocenters. The fraction of sp³-hybridized carbons (Fsp3) is 0.211. The van der Waals surface area contributed by atoms with E-state index in [9.17, 15) is 4.79 Å². The Bertz CT molecular complexity index is 1020. The molecule has 2 N–H and O–H groups in total. The number of carbonyl (C=O) groups is 1. The van der Waals surface area contributed by atoms with Crippen LogP contribution in [0, 0.1) is 0 Å². The van der Waals surface area contributed by atoms with Gasteiger partial charge in [0.05, 0.1) is 6.04 Å². The molecule has 0 aliphatic carbocycles. The van der Waals surface area contributed by atoms with Crippen LogP contribution in [-0.2, 0) is 0 Å². The maximum absolute atomic E-state index is 12.8. The van der Waals surface area contributed by atoms with Gasteiger partial charge in [0.25, 0.3) is 5.91 Å². The Hall–Kier alpha value is -2.80. The van der Waals surface area contributed by atoms with Crippen LogP contribution in [0.3, 0.4) is 0 Å². The van der Waals surface area contributed by atoms with E-state index >= 15 is 0 Å². The molecule has 3 heterocycles. The molecule has 0 bridgehead atoms. The van der Waals surface area contributed by atoms with Gasteiger partial charge in [0.2, 0.25) is 0 Å². The van der Waals surface area contributed by atoms with Crippen LogP contribution in [-0.4, -0.2) is 37.5 Å². The van der Waals surface area contributed by atoms with Crippen molar-refractivity contribution >= 4 is 34.2 Å². The standard InChI is InChI=1S/C19H19N5OS/c1-26-11-9-15(18-23-22-17-8-4-5-10-24(17)18)21-19(25)16-12-13-6-2-3-7-14(13)20-16/h2-8,10,12,15,20H,9,11H2,1H3,(H,21,25)/t15-/m0/s1. The topological polar surface area (TPSA) is 75.1 Å². The van der Waals surface area contributed by atoms with Crippen molar-refractivity contribution in [1.29, 1.82) is 0 Å². The van der Waals surface area contributed by atoms with Gasteiger partial charge in [-0.15, -0.1) is 10.2 Å². The normalized spacial score (nSPS) is 12.5. The molecule has 0 saturated heterocycles. The molecule has 7 heteroatoms. The average Bonchev–Trinajstić information content (AvgIpc) is 3.29. The number of carbonyl (C=O) groups excluding carboxylic acids is 1. The van der Waals surface area contributed by atoms with E-state index in [1.807, 2.05) is 59.1 Å². The molecule has 132 valence electrons. The zero-order chi connectivity index (χ0) is 17.9. The van der Waals surface area contributed by atoms with Crippen molar-refractivity contribution in [3.05, 3.63) is 66.2 Å². The van der Waals surface area contributed by atoms with Crippen molar-refractivity contribution in [3.8, 4) is 0 Å². The Morgan fingerprint density at radius 1 is 1.23 bits per heavy atom. The highest BCUT2D eigenvalue weighted by Gasteiger charge is 2.21. The summed E-state index contributed by atoms with van der Waals surface area (Å²) < 4.78 is 1.93. The summed E-state index contributed by atoms with van der Waals surface area (Å²) in [5, 5.41) is 12.7. The van der Waals surface area contributed by atoms with Gasteiger partial charge in [-0.1, -0.05) is 24.3 Å². The highest BCUT2D eigenvalue weighted by atomic mass is 32.2. The van der Waals surface area contributed by atoms with E-state index in [4.69, 9.17) is 0 Å². The predicted octanol–water partition coefficient (Wildman–Crippen LogP) is 3.43. The number of para-hydroxylation sites is 1. The summed E-state index contributed by atoms with van der Waals surface area (Å²) in [6.07, 6.45) is 4.76. The average molecular weight is 365 g/mol. The SMILES string of the molecule is CSCC[C@H](NC(=O)c1cc2ccccc2[nH]1)c1nnc2ccccn12. The molecule has 6 nitrogen and oxygen atoms in total.